The molecule has 1 aromatic rings. The van der Waals surface area contributed by atoms with E-state index in [0.717, 1.165) is 0 Å². The van der Waals surface area contributed by atoms with E-state index < -0.39 is 0 Å². The molecule has 0 atom stereocenters. The van der Waals surface area contributed by atoms with E-state index in [4.69, 9.17) is 14.2 Å². The van der Waals surface area contributed by atoms with E-state index in [-0.39, 0.29) is 3.79 Å². The number of methoxy groups -OCH3 is 3. The molecule has 5 heteroatoms. The average molecular weight is 322 g/mol. The molecule has 0 aliphatic heterocycles. The van der Waals surface area contributed by atoms with Crippen LogP contribution in [0.25, 0.3) is 0 Å². The van der Waals surface area contributed by atoms with E-state index in [1.54, 1.807) is 34.7 Å². The molecule has 0 saturated carbocycles. The van der Waals surface area contributed by atoms with Gasteiger partial charge in [-0.1, -0.05) is 0 Å². The van der Waals surface area contributed by atoms with Crippen molar-refractivity contribution >= 4 is 26.4 Å². The highest BCUT2D eigenvalue weighted by atomic mass is 127. The number of rotatable bonds is 4. The molecule has 0 aromatic heterocycles. The van der Waals surface area contributed by atoms with Crippen molar-refractivity contribution in [2.75, 3.05) is 21.3 Å². The van der Waals surface area contributed by atoms with E-state index in [2.05, 4.69) is 0 Å². The van der Waals surface area contributed by atoms with Crippen LogP contribution >= 0.6 is 22.6 Å². The summed E-state index contributed by atoms with van der Waals surface area (Å²) in [7, 11) is 4.55. The number of carbonyl (C=O) groups excluding carboxylic acids is 1. The van der Waals surface area contributed by atoms with Gasteiger partial charge in [-0.05, 0) is 12.1 Å². The zero-order chi connectivity index (χ0) is 11.4. The molecule has 0 fully saturated rings. The molecule has 0 aliphatic rings. The Morgan fingerprint density at radius 1 is 1.07 bits per heavy atom. The second-order valence-electron chi connectivity index (χ2n) is 2.69. The fraction of sp³-hybridized carbons (Fsp3) is 0.300. The van der Waals surface area contributed by atoms with E-state index in [1.807, 2.05) is 0 Å². The maximum Gasteiger partial charge on any atom is 0.222 e. The van der Waals surface area contributed by atoms with Gasteiger partial charge in [-0.25, -0.2) is 0 Å². The first-order valence-electron chi connectivity index (χ1n) is 4.13. The van der Waals surface area contributed by atoms with Crippen molar-refractivity contribution < 1.29 is 19.0 Å². The molecular weight excluding hydrogens is 311 g/mol. The molecular formula is C10H11IO4. The lowest BCUT2D eigenvalue weighted by Gasteiger charge is -2.12. The Hall–Kier alpha value is -0.980. The SMILES string of the molecule is COc1cc(C(=O)I)cc(OC)c1OC. The van der Waals surface area contributed by atoms with E-state index >= 15 is 0 Å². The Morgan fingerprint density at radius 3 is 1.80 bits per heavy atom. The zero-order valence-corrected chi connectivity index (χ0v) is 10.8. The third kappa shape index (κ3) is 2.53. The topological polar surface area (TPSA) is 44.8 Å². The van der Waals surface area contributed by atoms with Gasteiger partial charge in [-0.2, -0.15) is 0 Å². The van der Waals surface area contributed by atoms with E-state index in [1.165, 1.54) is 21.3 Å². The van der Waals surface area contributed by atoms with Crippen LogP contribution in [0.15, 0.2) is 12.1 Å². The Balaban J connectivity index is 3.35. The summed E-state index contributed by atoms with van der Waals surface area (Å²) in [5.41, 5.74) is 0.519. The number of halogens is 1. The van der Waals surface area contributed by atoms with Gasteiger partial charge in [0, 0.05) is 28.2 Å². The predicted octanol–water partition coefficient (Wildman–Crippen LogP) is 2.29. The van der Waals surface area contributed by atoms with Crippen LogP contribution in [0.4, 0.5) is 0 Å². The molecule has 0 aliphatic carbocycles. The van der Waals surface area contributed by atoms with Gasteiger partial charge >= 0.3 is 0 Å². The van der Waals surface area contributed by atoms with Gasteiger partial charge < -0.3 is 14.2 Å². The molecule has 0 radical (unpaired) electrons. The fourth-order valence-electron chi connectivity index (χ4n) is 1.19. The molecule has 4 nitrogen and oxygen atoms in total. The minimum atomic E-state index is -0.0770. The largest absolute Gasteiger partial charge is 0.493 e. The van der Waals surface area contributed by atoms with Gasteiger partial charge in [0.1, 0.15) is 0 Å². The summed E-state index contributed by atoms with van der Waals surface area (Å²) in [6.07, 6.45) is 0. The van der Waals surface area contributed by atoms with Crippen molar-refractivity contribution in [1.29, 1.82) is 0 Å². The number of hydrogen-bond acceptors (Lipinski definition) is 4. The number of hydrogen-bond donors (Lipinski definition) is 0. The third-order valence-electron chi connectivity index (χ3n) is 1.89. The molecule has 15 heavy (non-hydrogen) atoms. The molecule has 1 rings (SSSR count). The summed E-state index contributed by atoms with van der Waals surface area (Å²) < 4.78 is 15.3. The van der Waals surface area contributed by atoms with Crippen molar-refractivity contribution in [2.24, 2.45) is 0 Å². The van der Waals surface area contributed by atoms with Gasteiger partial charge in [-0.15, -0.1) is 0 Å². The highest BCUT2D eigenvalue weighted by Crippen LogP contribution is 2.38. The summed E-state index contributed by atoms with van der Waals surface area (Å²) in [6, 6.07) is 3.24. The highest BCUT2D eigenvalue weighted by Gasteiger charge is 2.15. The summed E-state index contributed by atoms with van der Waals surface area (Å²) in [5, 5.41) is 0. The number of ether oxygens (including phenoxy) is 3. The standard InChI is InChI=1S/C10H11IO4/c1-13-7-4-6(10(11)12)5-8(14-2)9(7)15-3/h4-5H,1-3H3. The van der Waals surface area contributed by atoms with Crippen LogP contribution in [0.5, 0.6) is 17.2 Å². The molecule has 82 valence electrons. The number of benzene rings is 1. The molecule has 0 N–H and O–H groups in total. The van der Waals surface area contributed by atoms with Crippen molar-refractivity contribution in [3.63, 3.8) is 0 Å². The smallest absolute Gasteiger partial charge is 0.222 e. The summed E-state index contributed by atoms with van der Waals surface area (Å²) in [5.74, 6) is 1.45. The second-order valence-corrected chi connectivity index (χ2v) is 3.67. The highest BCUT2D eigenvalue weighted by molar-refractivity contribution is 14.1. The van der Waals surface area contributed by atoms with Gasteiger partial charge in [0.25, 0.3) is 0 Å². The molecule has 0 heterocycles. The van der Waals surface area contributed by atoms with Gasteiger partial charge in [-0.3, -0.25) is 4.79 Å². The summed E-state index contributed by atoms with van der Waals surface area (Å²) in [6.45, 7) is 0. The molecule has 1 aromatic carbocycles. The minimum absolute atomic E-state index is 0.0770. The molecule has 0 unspecified atom stereocenters. The van der Waals surface area contributed by atoms with Gasteiger partial charge in [0.15, 0.2) is 11.5 Å². The van der Waals surface area contributed by atoms with Crippen LogP contribution in [0.2, 0.25) is 0 Å². The van der Waals surface area contributed by atoms with Crippen molar-refractivity contribution in [3.05, 3.63) is 17.7 Å². The van der Waals surface area contributed by atoms with Crippen LogP contribution in [-0.4, -0.2) is 25.1 Å². The lowest BCUT2D eigenvalue weighted by atomic mass is 10.2. The average Bonchev–Trinajstić information content (AvgIpc) is 2.26. The Kier molecular flexibility index (Phi) is 4.19. The van der Waals surface area contributed by atoms with Crippen molar-refractivity contribution in [1.82, 2.24) is 0 Å². The molecule has 0 spiro atoms. The molecule has 0 amide bonds. The van der Waals surface area contributed by atoms with Crippen molar-refractivity contribution in [2.45, 2.75) is 0 Å². The maximum atomic E-state index is 11.2. The monoisotopic (exact) mass is 322 g/mol. The van der Waals surface area contributed by atoms with Crippen LogP contribution in [0.3, 0.4) is 0 Å². The first-order chi connectivity index (χ1) is 7.13. The minimum Gasteiger partial charge on any atom is -0.493 e. The third-order valence-corrected chi connectivity index (χ3v) is 2.51. The summed E-state index contributed by atoms with van der Waals surface area (Å²) >= 11 is 1.71. The van der Waals surface area contributed by atoms with Crippen LogP contribution in [0, 0.1) is 0 Å². The zero-order valence-electron chi connectivity index (χ0n) is 8.67. The van der Waals surface area contributed by atoms with E-state index in [0.29, 0.717) is 22.8 Å². The normalized spacial score (nSPS) is 9.60. The van der Waals surface area contributed by atoms with E-state index in [9.17, 15) is 4.79 Å². The fourth-order valence-corrected chi connectivity index (χ4v) is 1.51. The lowest BCUT2D eigenvalue weighted by molar-refractivity contribution is 0.110. The Labute approximate surface area is 102 Å². The first-order valence-corrected chi connectivity index (χ1v) is 5.21. The quantitative estimate of drug-likeness (QED) is 0.630. The van der Waals surface area contributed by atoms with Crippen LogP contribution in [-0.2, 0) is 0 Å². The van der Waals surface area contributed by atoms with Gasteiger partial charge in [0.05, 0.1) is 21.3 Å². The summed E-state index contributed by atoms with van der Waals surface area (Å²) in [4.78, 5) is 11.2. The second kappa shape index (κ2) is 5.20. The Bertz CT molecular complexity index is 351. The molecule has 0 bridgehead atoms. The lowest BCUT2D eigenvalue weighted by Crippen LogP contribution is -1.98. The predicted molar refractivity (Wildman–Crippen MR) is 64.4 cm³/mol. The van der Waals surface area contributed by atoms with Crippen molar-refractivity contribution in [3.8, 4) is 17.2 Å². The Morgan fingerprint density at radius 2 is 1.53 bits per heavy atom. The number of carbonyl (C=O) groups is 1. The molecule has 0 saturated heterocycles. The van der Waals surface area contributed by atoms with Crippen LogP contribution < -0.4 is 14.2 Å². The maximum absolute atomic E-state index is 11.2. The van der Waals surface area contributed by atoms with Crippen LogP contribution in [0.1, 0.15) is 10.4 Å². The van der Waals surface area contributed by atoms with Gasteiger partial charge in [0.2, 0.25) is 9.54 Å². The first kappa shape index (κ1) is 12.1.